The van der Waals surface area contributed by atoms with E-state index in [1.54, 1.807) is 0 Å². The molecule has 3 heterocycles. The standard InChI is InChI=1S/C19H19N3O2.ClH/c1-3-4-7-12-10-11-15(24-12)18-21-16-17(22(18)2)13-8-5-6-9-14(13)20-19(16)23;/h5-6,8-11H,3-4,7H2,1-2H3,(H,20,23);1H. The van der Waals surface area contributed by atoms with Crippen LogP contribution in [-0.2, 0) is 13.5 Å². The van der Waals surface area contributed by atoms with E-state index in [2.05, 4.69) is 16.9 Å². The topological polar surface area (TPSA) is 63.8 Å². The van der Waals surface area contributed by atoms with Gasteiger partial charge < -0.3 is 14.0 Å². The zero-order valence-corrected chi connectivity index (χ0v) is 15.0. The van der Waals surface area contributed by atoms with Gasteiger partial charge in [-0.05, 0) is 24.6 Å². The largest absolute Gasteiger partial charge is 0.458 e. The third-order valence-corrected chi connectivity index (χ3v) is 4.40. The van der Waals surface area contributed by atoms with Gasteiger partial charge in [-0.2, -0.15) is 0 Å². The smallest absolute Gasteiger partial charge is 0.276 e. The van der Waals surface area contributed by atoms with Gasteiger partial charge in [0.15, 0.2) is 17.1 Å². The lowest BCUT2D eigenvalue weighted by Crippen LogP contribution is -2.06. The van der Waals surface area contributed by atoms with E-state index in [0.29, 0.717) is 17.1 Å². The SMILES string of the molecule is CCCCc1ccc(-c2nc3c(=O)[nH]c4ccccc4c3n2C)o1.Cl. The van der Waals surface area contributed by atoms with E-state index in [1.807, 2.05) is 48.0 Å². The number of aryl methyl sites for hydroxylation is 2. The number of halogens is 1. The molecule has 0 fully saturated rings. The number of nitrogens with one attached hydrogen (secondary N) is 1. The summed E-state index contributed by atoms with van der Waals surface area (Å²) in [6.07, 6.45) is 3.15. The van der Waals surface area contributed by atoms with E-state index in [4.69, 9.17) is 4.42 Å². The fourth-order valence-corrected chi connectivity index (χ4v) is 3.15. The van der Waals surface area contributed by atoms with Crippen molar-refractivity contribution < 1.29 is 4.42 Å². The Hall–Kier alpha value is -2.53. The highest BCUT2D eigenvalue weighted by Crippen LogP contribution is 2.28. The van der Waals surface area contributed by atoms with Gasteiger partial charge in [0, 0.05) is 18.9 Å². The number of unbranched alkanes of at least 4 members (excludes halogenated alkanes) is 1. The van der Waals surface area contributed by atoms with Crippen molar-refractivity contribution >= 4 is 34.3 Å². The van der Waals surface area contributed by atoms with Crippen LogP contribution in [0.15, 0.2) is 45.6 Å². The number of hydrogen-bond acceptors (Lipinski definition) is 3. The number of fused-ring (bicyclic) bond motifs is 3. The lowest BCUT2D eigenvalue weighted by molar-refractivity contribution is 0.508. The Kier molecular flexibility index (Phi) is 4.68. The molecule has 6 heteroatoms. The Morgan fingerprint density at radius 2 is 2.00 bits per heavy atom. The number of pyridine rings is 1. The third-order valence-electron chi connectivity index (χ3n) is 4.40. The summed E-state index contributed by atoms with van der Waals surface area (Å²) in [7, 11) is 1.92. The maximum Gasteiger partial charge on any atom is 0.276 e. The first-order chi connectivity index (χ1) is 11.7. The zero-order chi connectivity index (χ0) is 16.7. The van der Waals surface area contributed by atoms with Crippen molar-refractivity contribution in [2.45, 2.75) is 26.2 Å². The lowest BCUT2D eigenvalue weighted by Gasteiger charge is -2.03. The van der Waals surface area contributed by atoms with Crippen LogP contribution in [0.3, 0.4) is 0 Å². The number of imidazole rings is 1. The summed E-state index contributed by atoms with van der Waals surface area (Å²) in [6.45, 7) is 2.16. The highest BCUT2D eigenvalue weighted by molar-refractivity contribution is 6.03. The molecule has 0 saturated carbocycles. The Morgan fingerprint density at radius 1 is 1.20 bits per heavy atom. The maximum atomic E-state index is 12.4. The van der Waals surface area contributed by atoms with Crippen LogP contribution in [0.5, 0.6) is 0 Å². The van der Waals surface area contributed by atoms with Gasteiger partial charge in [-0.15, -0.1) is 12.4 Å². The number of aromatic nitrogens is 3. The molecule has 3 aromatic heterocycles. The van der Waals surface area contributed by atoms with Gasteiger partial charge in [-0.3, -0.25) is 4.79 Å². The van der Waals surface area contributed by atoms with E-state index in [0.717, 1.165) is 41.4 Å². The van der Waals surface area contributed by atoms with Gasteiger partial charge in [0.1, 0.15) is 5.76 Å². The Bertz CT molecular complexity index is 1090. The van der Waals surface area contributed by atoms with Crippen molar-refractivity contribution in [2.24, 2.45) is 7.05 Å². The molecule has 4 aromatic rings. The molecule has 1 aromatic carbocycles. The average molecular weight is 358 g/mol. The molecule has 0 aliphatic rings. The third kappa shape index (κ3) is 2.85. The minimum Gasteiger partial charge on any atom is -0.458 e. The van der Waals surface area contributed by atoms with E-state index in [9.17, 15) is 4.79 Å². The van der Waals surface area contributed by atoms with Gasteiger partial charge in [-0.1, -0.05) is 31.5 Å². The fraction of sp³-hybridized carbons (Fsp3) is 0.263. The summed E-state index contributed by atoms with van der Waals surface area (Å²) < 4.78 is 7.88. The van der Waals surface area contributed by atoms with Crippen LogP contribution in [-0.4, -0.2) is 14.5 Å². The number of H-pyrrole nitrogens is 1. The van der Waals surface area contributed by atoms with Gasteiger partial charge in [0.25, 0.3) is 5.56 Å². The Labute approximate surface area is 151 Å². The molecular weight excluding hydrogens is 338 g/mol. The van der Waals surface area contributed by atoms with E-state index in [-0.39, 0.29) is 18.0 Å². The number of furan rings is 1. The Balaban J connectivity index is 0.00000182. The summed E-state index contributed by atoms with van der Waals surface area (Å²) >= 11 is 0. The second-order valence-electron chi connectivity index (χ2n) is 6.06. The summed E-state index contributed by atoms with van der Waals surface area (Å²) in [5.41, 5.74) is 1.91. The highest BCUT2D eigenvalue weighted by atomic mass is 35.5. The first-order valence-corrected chi connectivity index (χ1v) is 8.25. The van der Waals surface area contributed by atoms with Crippen molar-refractivity contribution in [3.8, 4) is 11.6 Å². The summed E-state index contributed by atoms with van der Waals surface area (Å²) in [5, 5.41) is 0.978. The van der Waals surface area contributed by atoms with Gasteiger partial charge in [0.2, 0.25) is 0 Å². The first-order valence-electron chi connectivity index (χ1n) is 8.25. The lowest BCUT2D eigenvalue weighted by atomic mass is 10.2. The van der Waals surface area contributed by atoms with Gasteiger partial charge in [0.05, 0.1) is 11.0 Å². The molecule has 0 radical (unpaired) electrons. The molecule has 5 nitrogen and oxygen atoms in total. The second-order valence-corrected chi connectivity index (χ2v) is 6.06. The number of rotatable bonds is 4. The fourth-order valence-electron chi connectivity index (χ4n) is 3.15. The van der Waals surface area contributed by atoms with Crippen LogP contribution in [0.2, 0.25) is 0 Å². The number of nitrogens with zero attached hydrogens (tertiary/aromatic N) is 2. The monoisotopic (exact) mass is 357 g/mol. The number of aromatic amines is 1. The molecule has 0 atom stereocenters. The molecule has 0 aliphatic carbocycles. The maximum absolute atomic E-state index is 12.4. The van der Waals surface area contributed by atoms with Crippen molar-refractivity contribution in [2.75, 3.05) is 0 Å². The minimum absolute atomic E-state index is 0. The van der Waals surface area contributed by atoms with E-state index >= 15 is 0 Å². The average Bonchev–Trinajstić information content (AvgIpc) is 3.18. The highest BCUT2D eigenvalue weighted by Gasteiger charge is 2.17. The van der Waals surface area contributed by atoms with Crippen LogP contribution in [0.1, 0.15) is 25.5 Å². The number of benzene rings is 1. The van der Waals surface area contributed by atoms with Crippen LogP contribution < -0.4 is 5.56 Å². The van der Waals surface area contributed by atoms with Crippen molar-refractivity contribution in [1.82, 2.24) is 14.5 Å². The van der Waals surface area contributed by atoms with Crippen LogP contribution in [0.4, 0.5) is 0 Å². The zero-order valence-electron chi connectivity index (χ0n) is 14.2. The normalized spacial score (nSPS) is 11.1. The number of para-hydroxylation sites is 1. The van der Waals surface area contributed by atoms with Gasteiger partial charge in [-0.25, -0.2) is 4.98 Å². The van der Waals surface area contributed by atoms with Crippen LogP contribution in [0.25, 0.3) is 33.5 Å². The van der Waals surface area contributed by atoms with Crippen LogP contribution in [0, 0.1) is 0 Å². The predicted molar refractivity (Wildman–Crippen MR) is 102 cm³/mol. The van der Waals surface area contributed by atoms with E-state index in [1.165, 1.54) is 0 Å². The molecule has 0 amide bonds. The van der Waals surface area contributed by atoms with Crippen molar-refractivity contribution in [1.29, 1.82) is 0 Å². The molecule has 0 spiro atoms. The summed E-state index contributed by atoms with van der Waals surface area (Å²) in [5.74, 6) is 2.33. The predicted octanol–water partition coefficient (Wildman–Crippen LogP) is 4.44. The Morgan fingerprint density at radius 3 is 2.80 bits per heavy atom. The quantitative estimate of drug-likeness (QED) is 0.587. The van der Waals surface area contributed by atoms with Crippen molar-refractivity contribution in [3.63, 3.8) is 0 Å². The molecule has 130 valence electrons. The molecule has 0 aliphatic heterocycles. The summed E-state index contributed by atoms with van der Waals surface area (Å²) in [4.78, 5) is 19.8. The molecule has 25 heavy (non-hydrogen) atoms. The molecule has 4 rings (SSSR count). The molecule has 0 unspecified atom stereocenters. The van der Waals surface area contributed by atoms with Gasteiger partial charge >= 0.3 is 0 Å². The molecule has 0 bridgehead atoms. The first kappa shape index (κ1) is 17.3. The van der Waals surface area contributed by atoms with E-state index < -0.39 is 0 Å². The molecular formula is C19H20ClN3O2. The number of hydrogen-bond donors (Lipinski definition) is 1. The second kappa shape index (κ2) is 6.76. The molecule has 0 saturated heterocycles. The minimum atomic E-state index is -0.177. The molecule has 1 N–H and O–H groups in total. The van der Waals surface area contributed by atoms with Crippen molar-refractivity contribution in [3.05, 3.63) is 52.5 Å². The van der Waals surface area contributed by atoms with Crippen LogP contribution >= 0.6 is 12.4 Å². The summed E-state index contributed by atoms with van der Waals surface area (Å²) in [6, 6.07) is 11.7.